The highest BCUT2D eigenvalue weighted by molar-refractivity contribution is 7.89. The number of nitro benzene ring substituents is 1. The van der Waals surface area contributed by atoms with Gasteiger partial charge in [-0.2, -0.15) is 5.10 Å². The van der Waals surface area contributed by atoms with Crippen molar-refractivity contribution in [1.82, 2.24) is 19.8 Å². The second-order valence-electron chi connectivity index (χ2n) is 6.66. The predicted octanol–water partition coefficient (Wildman–Crippen LogP) is 2.34. The zero-order valence-corrected chi connectivity index (χ0v) is 18.0. The number of hydrogen-bond acceptors (Lipinski definition) is 7. The molecule has 12 heteroatoms. The van der Waals surface area contributed by atoms with Crippen LogP contribution in [0.3, 0.4) is 0 Å². The monoisotopic (exact) mass is 439 g/mol. The molecule has 0 saturated carbocycles. The zero-order valence-electron chi connectivity index (χ0n) is 17.2. The summed E-state index contributed by atoms with van der Waals surface area (Å²) in [5.74, 6) is -0.415. The molecule has 11 nitrogen and oxygen atoms in total. The van der Waals surface area contributed by atoms with E-state index >= 15 is 0 Å². The van der Waals surface area contributed by atoms with Gasteiger partial charge in [-0.15, -0.1) is 0 Å². The van der Waals surface area contributed by atoms with Crippen LogP contribution in [0.2, 0.25) is 0 Å². The SMILES string of the molecule is CCCNS(=O)(=O)c1cc([N+](=O)[O-])ccc1Oc1cc(C(=O)N[C@H](C)CC)nn1C. The van der Waals surface area contributed by atoms with E-state index in [-0.39, 0.29) is 34.8 Å². The molecule has 164 valence electrons. The number of carbonyl (C=O) groups is 1. The first-order valence-corrected chi connectivity index (χ1v) is 10.9. The summed E-state index contributed by atoms with van der Waals surface area (Å²) in [6, 6.07) is 4.60. The van der Waals surface area contributed by atoms with Gasteiger partial charge >= 0.3 is 0 Å². The summed E-state index contributed by atoms with van der Waals surface area (Å²) in [7, 11) is -2.53. The minimum Gasteiger partial charge on any atom is -0.438 e. The first kappa shape index (κ1) is 23.3. The lowest BCUT2D eigenvalue weighted by Gasteiger charge is -2.12. The number of amides is 1. The average Bonchev–Trinajstić information content (AvgIpc) is 3.06. The topological polar surface area (TPSA) is 145 Å². The lowest BCUT2D eigenvalue weighted by Crippen LogP contribution is -2.32. The maximum Gasteiger partial charge on any atom is 0.272 e. The molecule has 1 aromatic heterocycles. The molecule has 0 aliphatic heterocycles. The number of rotatable bonds is 10. The molecule has 0 spiro atoms. The fraction of sp³-hybridized carbons (Fsp3) is 0.444. The smallest absolute Gasteiger partial charge is 0.272 e. The van der Waals surface area contributed by atoms with Crippen LogP contribution >= 0.6 is 0 Å². The Labute approximate surface area is 174 Å². The summed E-state index contributed by atoms with van der Waals surface area (Å²) >= 11 is 0. The Hall–Kier alpha value is -2.99. The molecule has 0 bridgehead atoms. The summed E-state index contributed by atoms with van der Waals surface area (Å²) in [4.78, 5) is 22.3. The molecule has 30 heavy (non-hydrogen) atoms. The quantitative estimate of drug-likeness (QED) is 0.427. The summed E-state index contributed by atoms with van der Waals surface area (Å²) in [6.07, 6.45) is 1.29. The lowest BCUT2D eigenvalue weighted by molar-refractivity contribution is -0.385. The summed E-state index contributed by atoms with van der Waals surface area (Å²) in [5.41, 5.74) is -0.291. The van der Waals surface area contributed by atoms with Gasteiger partial charge in [-0.05, 0) is 25.8 Å². The van der Waals surface area contributed by atoms with Crippen LogP contribution in [0.1, 0.15) is 44.1 Å². The summed E-state index contributed by atoms with van der Waals surface area (Å²) < 4.78 is 34.6. The third-order valence-electron chi connectivity index (χ3n) is 4.24. The van der Waals surface area contributed by atoms with Crippen LogP contribution in [-0.2, 0) is 17.1 Å². The van der Waals surface area contributed by atoms with Gasteiger partial charge in [0.1, 0.15) is 10.6 Å². The Bertz CT molecular complexity index is 1030. The molecule has 1 aromatic carbocycles. The number of nitrogens with zero attached hydrogens (tertiary/aromatic N) is 3. The Balaban J connectivity index is 2.41. The average molecular weight is 439 g/mol. The number of nitrogens with one attached hydrogen (secondary N) is 2. The van der Waals surface area contributed by atoms with Crippen molar-refractivity contribution in [3.8, 4) is 11.6 Å². The van der Waals surface area contributed by atoms with E-state index in [1.165, 1.54) is 23.9 Å². The van der Waals surface area contributed by atoms with Crippen molar-refractivity contribution in [1.29, 1.82) is 0 Å². The number of sulfonamides is 1. The van der Waals surface area contributed by atoms with Crippen LogP contribution in [-0.4, -0.2) is 41.6 Å². The fourth-order valence-electron chi connectivity index (χ4n) is 2.39. The van der Waals surface area contributed by atoms with E-state index in [0.29, 0.717) is 6.42 Å². The number of aryl methyl sites for hydroxylation is 1. The Morgan fingerprint density at radius 2 is 2.03 bits per heavy atom. The molecule has 1 heterocycles. The van der Waals surface area contributed by atoms with Crippen molar-refractivity contribution >= 4 is 21.6 Å². The van der Waals surface area contributed by atoms with Crippen molar-refractivity contribution in [2.45, 2.75) is 44.6 Å². The van der Waals surface area contributed by atoms with Gasteiger partial charge in [0.05, 0.1) is 4.92 Å². The molecule has 0 saturated heterocycles. The van der Waals surface area contributed by atoms with Crippen molar-refractivity contribution in [2.24, 2.45) is 7.05 Å². The largest absolute Gasteiger partial charge is 0.438 e. The van der Waals surface area contributed by atoms with Gasteiger partial charge in [-0.25, -0.2) is 17.8 Å². The number of aromatic nitrogens is 2. The maximum absolute atomic E-state index is 12.6. The van der Waals surface area contributed by atoms with Crippen molar-refractivity contribution < 1.29 is 22.9 Å². The minimum atomic E-state index is -4.06. The third kappa shape index (κ3) is 5.54. The molecule has 2 N–H and O–H groups in total. The number of benzene rings is 1. The third-order valence-corrected chi connectivity index (χ3v) is 5.73. The molecule has 0 unspecified atom stereocenters. The molecule has 0 aliphatic rings. The van der Waals surface area contributed by atoms with Gasteiger partial charge in [0, 0.05) is 37.8 Å². The molecule has 0 aliphatic carbocycles. The Morgan fingerprint density at radius 1 is 1.33 bits per heavy atom. The van der Waals surface area contributed by atoms with Gasteiger partial charge in [-0.1, -0.05) is 13.8 Å². The highest BCUT2D eigenvalue weighted by Crippen LogP contribution is 2.32. The number of nitro groups is 1. The molecule has 2 rings (SSSR count). The van der Waals surface area contributed by atoms with Gasteiger partial charge in [-0.3, -0.25) is 14.9 Å². The van der Waals surface area contributed by atoms with Gasteiger partial charge in [0.2, 0.25) is 15.9 Å². The van der Waals surface area contributed by atoms with Crippen LogP contribution in [0.25, 0.3) is 0 Å². The van der Waals surface area contributed by atoms with Crippen molar-refractivity contribution in [3.05, 3.63) is 40.1 Å². The fourth-order valence-corrected chi connectivity index (χ4v) is 3.67. The van der Waals surface area contributed by atoms with E-state index in [4.69, 9.17) is 4.74 Å². The van der Waals surface area contributed by atoms with Crippen LogP contribution < -0.4 is 14.8 Å². The van der Waals surface area contributed by atoms with E-state index < -0.39 is 26.5 Å². The second-order valence-corrected chi connectivity index (χ2v) is 8.40. The molecular formula is C18H25N5O6S. The normalized spacial score (nSPS) is 12.4. The second kappa shape index (κ2) is 9.67. The Morgan fingerprint density at radius 3 is 2.63 bits per heavy atom. The zero-order chi connectivity index (χ0) is 22.5. The summed E-state index contributed by atoms with van der Waals surface area (Å²) in [5, 5.41) is 18.0. The number of carbonyl (C=O) groups excluding carboxylic acids is 1. The molecule has 1 amide bonds. The maximum atomic E-state index is 12.6. The van der Waals surface area contributed by atoms with Gasteiger partial charge < -0.3 is 10.1 Å². The molecular weight excluding hydrogens is 414 g/mol. The first-order valence-electron chi connectivity index (χ1n) is 9.39. The van der Waals surface area contributed by atoms with Crippen LogP contribution in [0, 0.1) is 10.1 Å². The molecule has 0 radical (unpaired) electrons. The highest BCUT2D eigenvalue weighted by atomic mass is 32.2. The lowest BCUT2D eigenvalue weighted by atomic mass is 10.2. The minimum absolute atomic E-state index is 0.0417. The van der Waals surface area contributed by atoms with Gasteiger partial charge in [0.15, 0.2) is 5.69 Å². The van der Waals surface area contributed by atoms with E-state index in [0.717, 1.165) is 18.6 Å². The van der Waals surface area contributed by atoms with E-state index in [1.54, 1.807) is 6.92 Å². The Kier molecular flexibility index (Phi) is 7.51. The number of non-ortho nitro benzene ring substituents is 1. The van der Waals surface area contributed by atoms with E-state index in [2.05, 4.69) is 15.1 Å². The van der Waals surface area contributed by atoms with Crippen LogP contribution in [0.4, 0.5) is 5.69 Å². The van der Waals surface area contributed by atoms with Gasteiger partial charge in [0.25, 0.3) is 11.6 Å². The predicted molar refractivity (Wildman–Crippen MR) is 109 cm³/mol. The van der Waals surface area contributed by atoms with Crippen LogP contribution in [0.5, 0.6) is 11.6 Å². The number of hydrogen-bond donors (Lipinski definition) is 2. The van der Waals surface area contributed by atoms with Crippen LogP contribution in [0.15, 0.2) is 29.2 Å². The number of ether oxygens (including phenoxy) is 1. The standard InChI is InChI=1S/C18H25N5O6S/c1-5-9-19-30(27,28)16-10-13(23(25)26)7-8-15(16)29-17-11-14(21-22(17)4)18(24)20-12(3)6-2/h7-8,10-12,19H,5-6,9H2,1-4H3,(H,20,24)/t12-/m1/s1. The van der Waals surface area contributed by atoms with Crippen molar-refractivity contribution in [2.75, 3.05) is 6.54 Å². The molecule has 2 aromatic rings. The van der Waals surface area contributed by atoms with E-state index in [9.17, 15) is 23.3 Å². The van der Waals surface area contributed by atoms with Crippen molar-refractivity contribution in [3.63, 3.8) is 0 Å². The highest BCUT2D eigenvalue weighted by Gasteiger charge is 2.25. The summed E-state index contributed by atoms with van der Waals surface area (Å²) in [6.45, 7) is 5.74. The van der Waals surface area contributed by atoms with E-state index in [1.807, 2.05) is 13.8 Å². The molecule has 1 atom stereocenters. The molecule has 0 fully saturated rings. The first-order chi connectivity index (χ1) is 14.1.